The van der Waals surface area contributed by atoms with E-state index in [4.69, 9.17) is 10.5 Å². The second kappa shape index (κ2) is 5.47. The van der Waals surface area contributed by atoms with E-state index in [9.17, 15) is 9.18 Å². The molecule has 0 aliphatic carbocycles. The fraction of sp³-hybridized carbons (Fsp3) is 0.462. The normalized spacial score (nSPS) is 18.6. The summed E-state index contributed by atoms with van der Waals surface area (Å²) in [6.45, 7) is 1.02. The molecule has 0 bridgehead atoms. The van der Waals surface area contributed by atoms with Crippen LogP contribution in [-0.2, 0) is 16.0 Å². The summed E-state index contributed by atoms with van der Waals surface area (Å²) in [5.41, 5.74) is 5.91. The number of hydrogen-bond donors (Lipinski definition) is 1. The van der Waals surface area contributed by atoms with Gasteiger partial charge in [-0.25, -0.2) is 4.39 Å². The summed E-state index contributed by atoms with van der Waals surface area (Å²) in [5, 5.41) is 0. The van der Waals surface area contributed by atoms with Gasteiger partial charge in [-0.1, -0.05) is 15.9 Å². The van der Waals surface area contributed by atoms with Crippen molar-refractivity contribution in [2.45, 2.75) is 24.8 Å². The Kier molecular flexibility index (Phi) is 4.14. The summed E-state index contributed by atoms with van der Waals surface area (Å²) in [4.78, 5) is 12.2. The second-order valence-corrected chi connectivity index (χ2v) is 5.56. The molecule has 2 rings (SSSR count). The molecule has 1 aliphatic rings. The molecule has 1 fully saturated rings. The van der Waals surface area contributed by atoms with Crippen LogP contribution < -0.4 is 5.73 Å². The zero-order valence-electron chi connectivity index (χ0n) is 9.92. The van der Waals surface area contributed by atoms with Crippen LogP contribution in [0.15, 0.2) is 22.7 Å². The number of rotatable bonds is 3. The molecule has 1 saturated heterocycles. The molecule has 1 heterocycles. The van der Waals surface area contributed by atoms with Gasteiger partial charge in [0.1, 0.15) is 5.82 Å². The van der Waals surface area contributed by atoms with Crippen LogP contribution in [0.4, 0.5) is 4.39 Å². The second-order valence-electron chi connectivity index (χ2n) is 4.65. The molecule has 0 aromatic heterocycles. The molecule has 1 aromatic rings. The summed E-state index contributed by atoms with van der Waals surface area (Å²) in [6.07, 6.45) is 1.22. The first-order valence-electron chi connectivity index (χ1n) is 5.84. The van der Waals surface area contributed by atoms with Crippen molar-refractivity contribution in [3.63, 3.8) is 0 Å². The van der Waals surface area contributed by atoms with Gasteiger partial charge in [-0.05, 0) is 36.6 Å². The third-order valence-electron chi connectivity index (χ3n) is 3.23. The number of nitrogens with two attached hydrogens (primary N) is 1. The topological polar surface area (TPSA) is 52.3 Å². The van der Waals surface area contributed by atoms with Gasteiger partial charge in [0.25, 0.3) is 0 Å². The van der Waals surface area contributed by atoms with Crippen LogP contribution in [0.3, 0.4) is 0 Å². The minimum absolute atomic E-state index is 0.0525. The van der Waals surface area contributed by atoms with Gasteiger partial charge in [-0.2, -0.15) is 0 Å². The summed E-state index contributed by atoms with van der Waals surface area (Å²) >= 11 is 3.21. The molecule has 1 aromatic carbocycles. The van der Waals surface area contributed by atoms with Crippen molar-refractivity contribution in [1.29, 1.82) is 0 Å². The van der Waals surface area contributed by atoms with Crippen LogP contribution in [-0.4, -0.2) is 24.5 Å². The van der Waals surface area contributed by atoms with Crippen LogP contribution in [0.5, 0.6) is 0 Å². The maximum atomic E-state index is 13.2. The lowest BCUT2D eigenvalue weighted by Crippen LogP contribution is -2.52. The number of ketones is 1. The minimum atomic E-state index is -0.822. The van der Waals surface area contributed by atoms with Crippen LogP contribution in [0.1, 0.15) is 18.4 Å². The summed E-state index contributed by atoms with van der Waals surface area (Å²) in [7, 11) is 0. The highest BCUT2D eigenvalue weighted by atomic mass is 79.9. The minimum Gasteiger partial charge on any atom is -0.381 e. The van der Waals surface area contributed by atoms with E-state index in [2.05, 4.69) is 15.9 Å². The Morgan fingerprint density at radius 3 is 2.67 bits per heavy atom. The van der Waals surface area contributed by atoms with Crippen LogP contribution in [0.2, 0.25) is 0 Å². The van der Waals surface area contributed by atoms with Crippen LogP contribution >= 0.6 is 15.9 Å². The number of benzene rings is 1. The first-order chi connectivity index (χ1) is 8.49. The quantitative estimate of drug-likeness (QED) is 0.930. The number of carbonyl (C=O) groups is 1. The van der Waals surface area contributed by atoms with Crippen LogP contribution in [0, 0.1) is 5.82 Å². The summed E-state index contributed by atoms with van der Waals surface area (Å²) < 4.78 is 19.1. The maximum absolute atomic E-state index is 13.2. The molecular weight excluding hydrogens is 301 g/mol. The standard InChI is InChI=1S/C13H15BrFNO2/c14-10-5-9(6-11(15)8-10)7-12(17)13(16)1-3-18-4-2-13/h5-6,8H,1-4,7,16H2. The van der Waals surface area contributed by atoms with Gasteiger partial charge < -0.3 is 10.5 Å². The third kappa shape index (κ3) is 3.16. The lowest BCUT2D eigenvalue weighted by molar-refractivity contribution is -0.126. The molecule has 0 atom stereocenters. The molecule has 0 unspecified atom stereocenters. The van der Waals surface area contributed by atoms with Gasteiger partial charge >= 0.3 is 0 Å². The average Bonchev–Trinajstić information content (AvgIpc) is 2.28. The Morgan fingerprint density at radius 2 is 2.06 bits per heavy atom. The van der Waals surface area contributed by atoms with Crippen LogP contribution in [0.25, 0.3) is 0 Å². The number of Topliss-reactive ketones (excluding diaryl/α,β-unsaturated/α-hetero) is 1. The number of carbonyl (C=O) groups excluding carboxylic acids is 1. The lowest BCUT2D eigenvalue weighted by atomic mass is 9.84. The maximum Gasteiger partial charge on any atom is 0.157 e. The Bertz CT molecular complexity index is 438. The van der Waals surface area contributed by atoms with E-state index in [1.165, 1.54) is 12.1 Å². The molecule has 0 spiro atoms. The Hall–Kier alpha value is -0.780. The number of halogens is 2. The fourth-order valence-corrected chi connectivity index (χ4v) is 2.60. The fourth-order valence-electron chi connectivity index (χ4n) is 2.09. The Labute approximate surface area is 114 Å². The lowest BCUT2D eigenvalue weighted by Gasteiger charge is -2.31. The van der Waals surface area contributed by atoms with Gasteiger partial charge in [-0.15, -0.1) is 0 Å². The molecule has 5 heteroatoms. The van der Waals surface area contributed by atoms with Gasteiger partial charge in [0, 0.05) is 24.1 Å². The zero-order valence-corrected chi connectivity index (χ0v) is 11.5. The third-order valence-corrected chi connectivity index (χ3v) is 3.69. The van der Waals surface area contributed by atoms with E-state index in [0.717, 1.165) is 0 Å². The van der Waals surface area contributed by atoms with Crippen molar-refractivity contribution in [3.05, 3.63) is 34.1 Å². The molecule has 0 saturated carbocycles. The van der Waals surface area contributed by atoms with Crippen molar-refractivity contribution in [2.24, 2.45) is 5.73 Å². The average molecular weight is 316 g/mol. The van der Waals surface area contributed by atoms with E-state index in [1.807, 2.05) is 0 Å². The zero-order chi connectivity index (χ0) is 13.2. The predicted molar refractivity (Wildman–Crippen MR) is 69.8 cm³/mol. The van der Waals surface area contributed by atoms with Crippen molar-refractivity contribution in [3.8, 4) is 0 Å². The molecule has 98 valence electrons. The summed E-state index contributed by atoms with van der Waals surface area (Å²) in [6, 6.07) is 4.47. The largest absolute Gasteiger partial charge is 0.381 e. The molecule has 18 heavy (non-hydrogen) atoms. The van der Waals surface area contributed by atoms with E-state index in [0.29, 0.717) is 36.1 Å². The van der Waals surface area contributed by atoms with Gasteiger partial charge in [0.15, 0.2) is 5.78 Å². The Balaban J connectivity index is 2.10. The molecule has 2 N–H and O–H groups in total. The first kappa shape index (κ1) is 13.6. The smallest absolute Gasteiger partial charge is 0.157 e. The number of hydrogen-bond acceptors (Lipinski definition) is 3. The molecular formula is C13H15BrFNO2. The molecule has 0 amide bonds. The van der Waals surface area contributed by atoms with Gasteiger partial charge in [-0.3, -0.25) is 4.79 Å². The Morgan fingerprint density at radius 1 is 1.39 bits per heavy atom. The highest BCUT2D eigenvalue weighted by molar-refractivity contribution is 9.10. The molecule has 1 aliphatic heterocycles. The van der Waals surface area contributed by atoms with E-state index in [-0.39, 0.29) is 18.0 Å². The van der Waals surface area contributed by atoms with Crippen molar-refractivity contribution in [1.82, 2.24) is 0 Å². The van der Waals surface area contributed by atoms with E-state index < -0.39 is 5.54 Å². The predicted octanol–water partition coefficient (Wildman–Crippen LogP) is 2.21. The molecule has 3 nitrogen and oxygen atoms in total. The monoisotopic (exact) mass is 315 g/mol. The SMILES string of the molecule is NC1(C(=O)Cc2cc(F)cc(Br)c2)CCOCC1. The van der Waals surface area contributed by atoms with E-state index >= 15 is 0 Å². The van der Waals surface area contributed by atoms with Gasteiger partial charge in [0.05, 0.1) is 5.54 Å². The van der Waals surface area contributed by atoms with Crippen molar-refractivity contribution < 1.29 is 13.9 Å². The first-order valence-corrected chi connectivity index (χ1v) is 6.64. The highest BCUT2D eigenvalue weighted by Gasteiger charge is 2.35. The number of ether oxygens (including phenoxy) is 1. The van der Waals surface area contributed by atoms with Gasteiger partial charge in [0.2, 0.25) is 0 Å². The van der Waals surface area contributed by atoms with E-state index in [1.54, 1.807) is 6.07 Å². The van der Waals surface area contributed by atoms with Crippen molar-refractivity contribution >= 4 is 21.7 Å². The summed E-state index contributed by atoms with van der Waals surface area (Å²) in [5.74, 6) is -0.409. The highest BCUT2D eigenvalue weighted by Crippen LogP contribution is 2.22. The molecule has 0 radical (unpaired) electrons. The van der Waals surface area contributed by atoms with Crippen molar-refractivity contribution in [2.75, 3.05) is 13.2 Å².